The molecule has 1 N–H and O–H groups in total. The molecule has 0 bridgehead atoms. The first-order valence-corrected chi connectivity index (χ1v) is 6.13. The van der Waals surface area contributed by atoms with E-state index in [-0.39, 0.29) is 0 Å². The largest absolute Gasteiger partial charge is 0.385 e. The molecule has 0 spiro atoms. The lowest BCUT2D eigenvalue weighted by molar-refractivity contribution is 0.593. The fraction of sp³-hybridized carbons (Fsp3) is 0.357. The van der Waals surface area contributed by atoms with E-state index in [1.54, 1.807) is 6.20 Å². The van der Waals surface area contributed by atoms with E-state index in [2.05, 4.69) is 48.5 Å². The zero-order chi connectivity index (χ0) is 12.1. The summed E-state index contributed by atoms with van der Waals surface area (Å²) in [4.78, 5) is 0. The predicted molar refractivity (Wildman–Crippen MR) is 71.5 cm³/mol. The van der Waals surface area contributed by atoms with Crippen LogP contribution in [-0.2, 0) is 0 Å². The van der Waals surface area contributed by atoms with Crippen LogP contribution in [0.5, 0.6) is 0 Å². The molecule has 0 aliphatic rings. The van der Waals surface area contributed by atoms with Crippen molar-refractivity contribution in [2.75, 3.05) is 11.9 Å². The topological polar surface area (TPSA) is 29.9 Å². The molecule has 1 heterocycles. The van der Waals surface area contributed by atoms with Gasteiger partial charge in [-0.15, -0.1) is 0 Å². The Hall–Kier alpha value is -1.77. The van der Waals surface area contributed by atoms with E-state index < -0.39 is 0 Å². The summed E-state index contributed by atoms with van der Waals surface area (Å²) in [6.45, 7) is 5.50. The minimum absolute atomic E-state index is 0.709. The van der Waals surface area contributed by atoms with Crippen molar-refractivity contribution in [3.8, 4) is 5.69 Å². The van der Waals surface area contributed by atoms with Crippen LogP contribution < -0.4 is 5.32 Å². The molecule has 0 radical (unpaired) electrons. The van der Waals surface area contributed by atoms with E-state index in [0.29, 0.717) is 5.92 Å². The van der Waals surface area contributed by atoms with Crippen molar-refractivity contribution >= 4 is 5.69 Å². The predicted octanol–water partition coefficient (Wildman–Crippen LogP) is 3.33. The van der Waals surface area contributed by atoms with Crippen LogP contribution in [-0.4, -0.2) is 16.3 Å². The molecule has 17 heavy (non-hydrogen) atoms. The van der Waals surface area contributed by atoms with E-state index in [9.17, 15) is 0 Å². The number of rotatable bonds is 5. The summed E-state index contributed by atoms with van der Waals surface area (Å²) in [5.74, 6) is 0.709. The smallest absolute Gasteiger partial charge is 0.0647 e. The molecule has 0 aliphatic carbocycles. The van der Waals surface area contributed by atoms with Gasteiger partial charge in [0.05, 0.1) is 5.69 Å². The van der Waals surface area contributed by atoms with Gasteiger partial charge in [-0.3, -0.25) is 0 Å². The lowest BCUT2D eigenvalue weighted by Gasteiger charge is -2.11. The molecule has 1 atom stereocenters. The van der Waals surface area contributed by atoms with Gasteiger partial charge in [-0.25, -0.2) is 4.68 Å². The first kappa shape index (κ1) is 11.7. The first-order chi connectivity index (χ1) is 8.29. The number of nitrogens with one attached hydrogen (secondary N) is 1. The van der Waals surface area contributed by atoms with Crippen molar-refractivity contribution in [1.29, 1.82) is 0 Å². The zero-order valence-electron chi connectivity index (χ0n) is 10.4. The summed E-state index contributed by atoms with van der Waals surface area (Å²) in [5.41, 5.74) is 2.25. The van der Waals surface area contributed by atoms with Gasteiger partial charge in [0, 0.05) is 24.6 Å². The van der Waals surface area contributed by atoms with Gasteiger partial charge in [0.25, 0.3) is 0 Å². The van der Waals surface area contributed by atoms with Crippen LogP contribution in [0.2, 0.25) is 0 Å². The maximum atomic E-state index is 4.20. The fourth-order valence-corrected chi connectivity index (χ4v) is 1.59. The van der Waals surface area contributed by atoms with Gasteiger partial charge < -0.3 is 5.32 Å². The van der Waals surface area contributed by atoms with Crippen molar-refractivity contribution < 1.29 is 0 Å². The minimum atomic E-state index is 0.709. The Kier molecular flexibility index (Phi) is 3.81. The van der Waals surface area contributed by atoms with Crippen LogP contribution in [0.1, 0.15) is 20.3 Å². The molecule has 0 saturated heterocycles. The minimum Gasteiger partial charge on any atom is -0.385 e. The Morgan fingerprint density at radius 1 is 1.29 bits per heavy atom. The van der Waals surface area contributed by atoms with Gasteiger partial charge >= 0.3 is 0 Å². The second-order valence-electron chi connectivity index (χ2n) is 4.39. The van der Waals surface area contributed by atoms with Crippen LogP contribution >= 0.6 is 0 Å². The molecule has 1 unspecified atom stereocenters. The normalized spacial score (nSPS) is 12.4. The summed E-state index contributed by atoms with van der Waals surface area (Å²) in [7, 11) is 0. The molecule has 0 fully saturated rings. The third-order valence-corrected chi connectivity index (χ3v) is 2.99. The number of benzene rings is 1. The van der Waals surface area contributed by atoms with Gasteiger partial charge in [-0.2, -0.15) is 5.10 Å². The molecule has 3 nitrogen and oxygen atoms in total. The highest BCUT2D eigenvalue weighted by Gasteiger charge is 1.99. The molecule has 90 valence electrons. The van der Waals surface area contributed by atoms with E-state index in [0.717, 1.165) is 12.2 Å². The molecule has 0 aliphatic heterocycles. The maximum Gasteiger partial charge on any atom is 0.0647 e. The molecule has 0 amide bonds. The van der Waals surface area contributed by atoms with Crippen molar-refractivity contribution in [2.45, 2.75) is 20.3 Å². The SMILES string of the molecule is CCC(C)CNc1ccc(-n2cccn2)cc1. The standard InChI is InChI=1S/C14H19N3/c1-3-12(2)11-15-13-5-7-14(8-6-13)17-10-4-9-16-17/h4-10,12,15H,3,11H2,1-2H3. The van der Waals surface area contributed by atoms with Crippen molar-refractivity contribution in [2.24, 2.45) is 5.92 Å². The Morgan fingerprint density at radius 3 is 2.65 bits per heavy atom. The lowest BCUT2D eigenvalue weighted by atomic mass is 10.1. The molecule has 2 rings (SSSR count). The van der Waals surface area contributed by atoms with Gasteiger partial charge in [-0.1, -0.05) is 20.3 Å². The van der Waals surface area contributed by atoms with Crippen molar-refractivity contribution in [1.82, 2.24) is 9.78 Å². The van der Waals surface area contributed by atoms with Crippen LogP contribution in [0.3, 0.4) is 0 Å². The van der Waals surface area contributed by atoms with Crippen LogP contribution in [0, 0.1) is 5.92 Å². The van der Waals surface area contributed by atoms with Crippen molar-refractivity contribution in [3.05, 3.63) is 42.7 Å². The Labute approximate surface area is 102 Å². The van der Waals surface area contributed by atoms with E-state index in [4.69, 9.17) is 0 Å². The molecule has 1 aromatic carbocycles. The zero-order valence-corrected chi connectivity index (χ0v) is 10.4. The van der Waals surface area contributed by atoms with Gasteiger partial charge in [0.1, 0.15) is 0 Å². The van der Waals surface area contributed by atoms with Crippen LogP contribution in [0.4, 0.5) is 5.69 Å². The Bertz CT molecular complexity index is 431. The quantitative estimate of drug-likeness (QED) is 0.852. The average Bonchev–Trinajstić information content (AvgIpc) is 2.90. The number of hydrogen-bond donors (Lipinski definition) is 1. The molecule has 2 aromatic rings. The van der Waals surface area contributed by atoms with Gasteiger partial charge in [0.2, 0.25) is 0 Å². The van der Waals surface area contributed by atoms with Crippen LogP contribution in [0.15, 0.2) is 42.7 Å². The Balaban J connectivity index is 1.99. The number of hydrogen-bond acceptors (Lipinski definition) is 2. The third-order valence-electron chi connectivity index (χ3n) is 2.99. The van der Waals surface area contributed by atoms with E-state index >= 15 is 0 Å². The molecular weight excluding hydrogens is 210 g/mol. The van der Waals surface area contributed by atoms with Crippen LogP contribution in [0.25, 0.3) is 5.69 Å². The summed E-state index contributed by atoms with van der Waals surface area (Å²) >= 11 is 0. The Morgan fingerprint density at radius 2 is 2.06 bits per heavy atom. The number of nitrogens with zero attached hydrogens (tertiary/aromatic N) is 2. The molecular formula is C14H19N3. The molecule has 0 saturated carbocycles. The number of anilines is 1. The summed E-state index contributed by atoms with van der Waals surface area (Å²) in [5, 5.41) is 7.64. The molecule has 3 heteroatoms. The molecule has 1 aromatic heterocycles. The second kappa shape index (κ2) is 5.53. The highest BCUT2D eigenvalue weighted by molar-refractivity contribution is 5.48. The van der Waals surface area contributed by atoms with E-state index in [1.807, 2.05) is 16.9 Å². The van der Waals surface area contributed by atoms with E-state index in [1.165, 1.54) is 12.1 Å². The van der Waals surface area contributed by atoms with Gasteiger partial charge in [-0.05, 0) is 36.2 Å². The third kappa shape index (κ3) is 3.09. The van der Waals surface area contributed by atoms with Crippen molar-refractivity contribution in [3.63, 3.8) is 0 Å². The summed E-state index contributed by atoms with van der Waals surface area (Å²) in [6, 6.07) is 10.3. The summed E-state index contributed by atoms with van der Waals surface area (Å²) in [6.07, 6.45) is 4.94. The summed E-state index contributed by atoms with van der Waals surface area (Å²) < 4.78 is 1.86. The highest BCUT2D eigenvalue weighted by Crippen LogP contribution is 2.13. The average molecular weight is 229 g/mol. The number of aromatic nitrogens is 2. The first-order valence-electron chi connectivity index (χ1n) is 6.13. The monoisotopic (exact) mass is 229 g/mol. The second-order valence-corrected chi connectivity index (χ2v) is 4.39. The fourth-order valence-electron chi connectivity index (χ4n) is 1.59. The lowest BCUT2D eigenvalue weighted by Crippen LogP contribution is -2.10. The van der Waals surface area contributed by atoms with Gasteiger partial charge in [0.15, 0.2) is 0 Å². The highest BCUT2D eigenvalue weighted by atomic mass is 15.3. The maximum absolute atomic E-state index is 4.20.